The number of nitrogens with zero attached hydrogens (tertiary/aromatic N) is 1. The van der Waals surface area contributed by atoms with Gasteiger partial charge in [-0.25, -0.2) is 9.59 Å². The Morgan fingerprint density at radius 3 is 2.19 bits per heavy atom. The van der Waals surface area contributed by atoms with E-state index in [0.717, 1.165) is 13.0 Å². The van der Waals surface area contributed by atoms with Crippen LogP contribution < -0.4 is 5.32 Å². The van der Waals surface area contributed by atoms with Gasteiger partial charge in [0.1, 0.15) is 6.54 Å². The van der Waals surface area contributed by atoms with Gasteiger partial charge in [0.15, 0.2) is 6.10 Å². The van der Waals surface area contributed by atoms with Gasteiger partial charge in [-0.15, -0.1) is 0 Å². The van der Waals surface area contributed by atoms with E-state index < -0.39 is 23.8 Å². The van der Waals surface area contributed by atoms with Gasteiger partial charge in [0, 0.05) is 12.5 Å². The molecule has 0 radical (unpaired) electrons. The topological polar surface area (TPSA) is 84.9 Å². The number of esters is 1. The van der Waals surface area contributed by atoms with Gasteiger partial charge >= 0.3 is 12.1 Å². The van der Waals surface area contributed by atoms with Crippen LogP contribution in [0.3, 0.4) is 0 Å². The average Bonchev–Trinajstić information content (AvgIpc) is 2.78. The van der Waals surface area contributed by atoms with Crippen molar-refractivity contribution in [3.8, 4) is 0 Å². The number of likely N-dealkylation sites (N-methyl/N-ethyl adjacent to an activating group) is 1. The smallest absolute Gasteiger partial charge is 0.411 e. The number of benzene rings is 2. The predicted octanol–water partition coefficient (Wildman–Crippen LogP) is 3.17. The fraction of sp³-hybridized carbons (Fsp3) is 0.440. The molecule has 172 valence electrons. The summed E-state index contributed by atoms with van der Waals surface area (Å²) >= 11 is 0. The summed E-state index contributed by atoms with van der Waals surface area (Å²) in [5.74, 6) is -0.702. The Balaban J connectivity index is 1.73. The van der Waals surface area contributed by atoms with Crippen molar-refractivity contribution in [3.63, 3.8) is 0 Å². The molecule has 7 nitrogen and oxygen atoms in total. The normalized spacial score (nSPS) is 21.1. The lowest BCUT2D eigenvalue weighted by atomic mass is 9.86. The molecule has 1 saturated heterocycles. The zero-order valence-electron chi connectivity index (χ0n) is 19.0. The molecule has 0 aromatic heterocycles. The largest absolute Gasteiger partial charge is 0.454 e. The number of carbonyl (C=O) groups is 2. The maximum atomic E-state index is 13.4. The average molecular weight is 442 g/mol. The zero-order chi connectivity index (χ0) is 23.2. The van der Waals surface area contributed by atoms with E-state index >= 15 is 0 Å². The first-order valence-electron chi connectivity index (χ1n) is 11.0. The monoisotopic (exact) mass is 441 g/mol. The molecule has 2 unspecified atom stereocenters. The molecule has 0 spiro atoms. The van der Waals surface area contributed by atoms with Crippen LogP contribution in [-0.4, -0.2) is 60.7 Å². The van der Waals surface area contributed by atoms with E-state index in [1.54, 1.807) is 48.5 Å². The molecule has 1 aliphatic rings. The fourth-order valence-electron chi connectivity index (χ4n) is 4.08. The summed E-state index contributed by atoms with van der Waals surface area (Å²) in [5.41, 5.74) is -0.993. The molecule has 3 rings (SSSR count). The maximum Gasteiger partial charge on any atom is 0.411 e. The van der Waals surface area contributed by atoms with E-state index in [1.807, 2.05) is 33.0 Å². The summed E-state index contributed by atoms with van der Waals surface area (Å²) in [7, 11) is 1.98. The van der Waals surface area contributed by atoms with Crippen LogP contribution in [0.1, 0.15) is 37.8 Å². The third kappa shape index (κ3) is 5.66. The van der Waals surface area contributed by atoms with Crippen LogP contribution in [-0.2, 0) is 19.9 Å². The first kappa shape index (κ1) is 23.8. The number of carbonyl (C=O) groups excluding carboxylic acids is 2. The lowest BCUT2D eigenvalue weighted by molar-refractivity contribution is -0.932. The van der Waals surface area contributed by atoms with E-state index in [4.69, 9.17) is 9.47 Å². The minimum absolute atomic E-state index is 0.00323. The number of nitrogens with one attached hydrogen (secondary N) is 1. The quantitative estimate of drug-likeness (QED) is 0.509. The van der Waals surface area contributed by atoms with Gasteiger partial charge in [-0.1, -0.05) is 60.7 Å². The summed E-state index contributed by atoms with van der Waals surface area (Å²) in [6.07, 6.45) is 0.661. The van der Waals surface area contributed by atoms with Crippen molar-refractivity contribution in [2.24, 2.45) is 0 Å². The Labute approximate surface area is 189 Å². The number of likely N-dealkylation sites (tertiary alicyclic amines) is 1. The van der Waals surface area contributed by atoms with E-state index in [-0.39, 0.29) is 12.8 Å². The third-order valence-corrected chi connectivity index (χ3v) is 5.73. The van der Waals surface area contributed by atoms with Gasteiger partial charge in [0.2, 0.25) is 12.3 Å². The number of ether oxygens (including phenoxy) is 2. The lowest BCUT2D eigenvalue weighted by Gasteiger charge is -2.40. The summed E-state index contributed by atoms with van der Waals surface area (Å²) in [6, 6.07) is 17.7. The Morgan fingerprint density at radius 2 is 1.66 bits per heavy atom. The first-order valence-corrected chi connectivity index (χ1v) is 11.0. The van der Waals surface area contributed by atoms with Gasteiger partial charge in [-0.05, 0) is 31.4 Å². The Bertz CT molecular complexity index is 864. The molecule has 2 aromatic carbocycles. The minimum Gasteiger partial charge on any atom is -0.454 e. The van der Waals surface area contributed by atoms with Crippen molar-refractivity contribution in [2.75, 3.05) is 26.9 Å². The first-order chi connectivity index (χ1) is 15.2. The van der Waals surface area contributed by atoms with Gasteiger partial charge in [0.05, 0.1) is 13.6 Å². The van der Waals surface area contributed by atoms with Gasteiger partial charge < -0.3 is 19.9 Å². The van der Waals surface area contributed by atoms with Crippen LogP contribution in [0, 0.1) is 0 Å². The number of hydrogen-bond donors (Lipinski definition) is 2. The molecule has 7 heteroatoms. The van der Waals surface area contributed by atoms with Crippen LogP contribution in [0.15, 0.2) is 60.7 Å². The second-order valence-corrected chi connectivity index (χ2v) is 9.00. The van der Waals surface area contributed by atoms with E-state index in [2.05, 4.69) is 5.32 Å². The number of rotatable bonds is 7. The Morgan fingerprint density at radius 1 is 1.09 bits per heavy atom. The van der Waals surface area contributed by atoms with Crippen LogP contribution in [0.25, 0.3) is 0 Å². The Kier molecular flexibility index (Phi) is 7.53. The van der Waals surface area contributed by atoms with Gasteiger partial charge in [-0.2, -0.15) is 0 Å². The molecular formula is C25H33N2O5+. The van der Waals surface area contributed by atoms with Crippen molar-refractivity contribution in [3.05, 3.63) is 71.8 Å². The van der Waals surface area contributed by atoms with Crippen molar-refractivity contribution in [1.82, 2.24) is 5.32 Å². The number of hydrogen-bond acceptors (Lipinski definition) is 5. The number of amides is 1. The summed E-state index contributed by atoms with van der Waals surface area (Å²) in [5, 5.41) is 14.3. The molecule has 1 fully saturated rings. The van der Waals surface area contributed by atoms with E-state index in [1.165, 1.54) is 0 Å². The zero-order valence-corrected chi connectivity index (χ0v) is 19.0. The molecule has 1 amide bonds. The highest BCUT2D eigenvalue weighted by atomic mass is 16.6. The van der Waals surface area contributed by atoms with Crippen molar-refractivity contribution >= 4 is 12.1 Å². The lowest BCUT2D eigenvalue weighted by Crippen LogP contribution is -2.56. The minimum atomic E-state index is -1.91. The maximum absolute atomic E-state index is 13.4. The molecule has 0 aliphatic carbocycles. The van der Waals surface area contributed by atoms with Crippen LogP contribution in [0.5, 0.6) is 0 Å². The van der Waals surface area contributed by atoms with Gasteiger partial charge in [0.25, 0.3) is 0 Å². The molecular weight excluding hydrogens is 408 g/mol. The molecule has 1 aliphatic heterocycles. The number of piperidine rings is 1. The van der Waals surface area contributed by atoms with Gasteiger partial charge in [-0.3, -0.25) is 4.48 Å². The van der Waals surface area contributed by atoms with Crippen LogP contribution in [0.4, 0.5) is 4.79 Å². The summed E-state index contributed by atoms with van der Waals surface area (Å²) in [6.45, 7) is 5.24. The molecule has 0 bridgehead atoms. The number of aliphatic hydroxyl groups is 1. The third-order valence-electron chi connectivity index (χ3n) is 5.73. The standard InChI is InChI=1S/C25H32N2O5/c1-19(2)26-24(29)31-18-27(3)16-10-15-22(17-27)32-23(28)25(30,20-11-6-4-7-12-20)21-13-8-5-9-14-21/h4-9,11-14,19,22,30H,10,15-18H2,1-3H3/p+1. The second kappa shape index (κ2) is 10.1. The highest BCUT2D eigenvalue weighted by Crippen LogP contribution is 2.32. The van der Waals surface area contributed by atoms with E-state index in [9.17, 15) is 14.7 Å². The molecule has 2 aromatic rings. The van der Waals surface area contributed by atoms with Crippen LogP contribution in [0.2, 0.25) is 0 Å². The SMILES string of the molecule is CC(C)NC(=O)OC[N+]1(C)CCCC(OC(=O)C(O)(c2ccccc2)c2ccccc2)C1. The van der Waals surface area contributed by atoms with Crippen molar-refractivity contribution < 1.29 is 28.7 Å². The van der Waals surface area contributed by atoms with Crippen molar-refractivity contribution in [1.29, 1.82) is 0 Å². The highest BCUT2D eigenvalue weighted by Gasteiger charge is 2.44. The molecule has 32 heavy (non-hydrogen) atoms. The summed E-state index contributed by atoms with van der Waals surface area (Å²) in [4.78, 5) is 25.2. The van der Waals surface area contributed by atoms with Crippen molar-refractivity contribution in [2.45, 2.75) is 44.4 Å². The molecule has 1 heterocycles. The highest BCUT2D eigenvalue weighted by molar-refractivity contribution is 5.85. The molecule has 2 atom stereocenters. The second-order valence-electron chi connectivity index (χ2n) is 9.00. The van der Waals surface area contributed by atoms with E-state index in [0.29, 0.717) is 28.6 Å². The predicted molar refractivity (Wildman–Crippen MR) is 121 cm³/mol. The fourth-order valence-corrected chi connectivity index (χ4v) is 4.08. The molecule has 0 saturated carbocycles. The Hall–Kier alpha value is -2.90. The van der Waals surface area contributed by atoms with Crippen LogP contribution >= 0.6 is 0 Å². The summed E-state index contributed by atoms with van der Waals surface area (Å²) < 4.78 is 11.7. The number of quaternary nitrogens is 1. The molecule has 2 N–H and O–H groups in total. The number of alkyl carbamates (subject to hydrolysis) is 1.